The number of anilines is 1. The maximum atomic E-state index is 12.2. The molecule has 0 aliphatic heterocycles. The van der Waals surface area contributed by atoms with E-state index < -0.39 is 0 Å². The Labute approximate surface area is 134 Å². The van der Waals surface area contributed by atoms with Crippen molar-refractivity contribution in [3.05, 3.63) is 41.7 Å². The number of benzene rings is 1. The summed E-state index contributed by atoms with van der Waals surface area (Å²) in [5.41, 5.74) is 2.93. The zero-order valence-corrected chi connectivity index (χ0v) is 12.6. The summed E-state index contributed by atoms with van der Waals surface area (Å²) in [7, 11) is 0. The number of urea groups is 1. The number of fused-ring (bicyclic) bond motifs is 1. The molecule has 1 aromatic heterocycles. The Bertz CT molecular complexity index is 732. The summed E-state index contributed by atoms with van der Waals surface area (Å²) in [5.74, 6) is 2.96. The second kappa shape index (κ2) is 6.88. The van der Waals surface area contributed by atoms with E-state index in [0.29, 0.717) is 11.4 Å². The molecule has 0 unspecified atom stereocenters. The van der Waals surface area contributed by atoms with E-state index in [0.717, 1.165) is 25.0 Å². The monoisotopic (exact) mass is 310 g/mol. The molecule has 1 aromatic carbocycles. The molecule has 6 heteroatoms. The van der Waals surface area contributed by atoms with E-state index in [9.17, 15) is 4.79 Å². The minimum Gasteiger partial charge on any atom is -0.479 e. The second-order valence-corrected chi connectivity index (χ2v) is 5.40. The van der Waals surface area contributed by atoms with Crippen LogP contribution in [0.2, 0.25) is 0 Å². The lowest BCUT2D eigenvalue weighted by Crippen LogP contribution is -2.41. The van der Waals surface area contributed by atoms with Crippen LogP contribution in [0.15, 0.2) is 30.5 Å². The van der Waals surface area contributed by atoms with Gasteiger partial charge in [0, 0.05) is 18.2 Å². The molecule has 0 fully saturated rings. The van der Waals surface area contributed by atoms with Crippen LogP contribution in [0.25, 0.3) is 0 Å². The van der Waals surface area contributed by atoms with E-state index >= 15 is 0 Å². The van der Waals surface area contributed by atoms with Crippen molar-refractivity contribution in [3.63, 3.8) is 0 Å². The number of aromatic nitrogens is 2. The van der Waals surface area contributed by atoms with Crippen molar-refractivity contribution in [3.8, 4) is 18.1 Å². The van der Waals surface area contributed by atoms with Crippen LogP contribution in [0.5, 0.6) is 5.75 Å². The number of aryl methyl sites for hydroxylation is 1. The predicted octanol–water partition coefficient (Wildman–Crippen LogP) is 2.10. The quantitative estimate of drug-likeness (QED) is 0.757. The molecule has 0 bridgehead atoms. The SMILES string of the molecule is C#CCOc1ccccc1NC(=O)N[C@@H]1CCc2cn[nH]c2C1. The molecule has 3 N–H and O–H groups in total. The van der Waals surface area contributed by atoms with E-state index in [1.54, 1.807) is 12.1 Å². The molecule has 0 radical (unpaired) electrons. The van der Waals surface area contributed by atoms with Crippen molar-refractivity contribution >= 4 is 11.7 Å². The minimum atomic E-state index is -0.255. The molecule has 1 aliphatic carbocycles. The van der Waals surface area contributed by atoms with Crippen LogP contribution < -0.4 is 15.4 Å². The number of nitrogens with one attached hydrogen (secondary N) is 3. The number of para-hydroxylation sites is 2. The lowest BCUT2D eigenvalue weighted by Gasteiger charge is -2.23. The third-order valence-electron chi connectivity index (χ3n) is 3.80. The first kappa shape index (κ1) is 15.0. The highest BCUT2D eigenvalue weighted by molar-refractivity contribution is 5.91. The number of rotatable bonds is 4. The van der Waals surface area contributed by atoms with Crippen molar-refractivity contribution in [1.29, 1.82) is 0 Å². The lowest BCUT2D eigenvalue weighted by atomic mass is 9.94. The molecule has 6 nitrogen and oxygen atoms in total. The van der Waals surface area contributed by atoms with Gasteiger partial charge in [-0.1, -0.05) is 18.1 Å². The molecule has 2 aromatic rings. The standard InChI is InChI=1S/C17H18N4O2/c1-2-9-23-16-6-4-3-5-14(16)20-17(22)19-13-8-7-12-11-18-21-15(12)10-13/h1,3-6,11,13H,7-10H2,(H,18,21)(H2,19,20,22)/t13-/m1/s1. The van der Waals surface area contributed by atoms with Gasteiger partial charge < -0.3 is 15.4 Å². The molecule has 23 heavy (non-hydrogen) atoms. The number of hydrogen-bond acceptors (Lipinski definition) is 3. The van der Waals surface area contributed by atoms with Crippen LogP contribution in [0.3, 0.4) is 0 Å². The van der Waals surface area contributed by atoms with Gasteiger partial charge in [0.25, 0.3) is 0 Å². The highest BCUT2D eigenvalue weighted by Gasteiger charge is 2.21. The molecule has 118 valence electrons. The van der Waals surface area contributed by atoms with Crippen LogP contribution in [-0.4, -0.2) is 28.9 Å². The first-order valence-corrected chi connectivity index (χ1v) is 7.50. The van der Waals surface area contributed by atoms with E-state index in [4.69, 9.17) is 11.2 Å². The minimum absolute atomic E-state index is 0.0849. The van der Waals surface area contributed by atoms with Gasteiger partial charge in [0.05, 0.1) is 11.9 Å². The van der Waals surface area contributed by atoms with Crippen molar-refractivity contribution in [2.75, 3.05) is 11.9 Å². The molecule has 0 saturated carbocycles. The van der Waals surface area contributed by atoms with Crippen LogP contribution >= 0.6 is 0 Å². The Morgan fingerprint density at radius 3 is 3.22 bits per heavy atom. The smallest absolute Gasteiger partial charge is 0.319 e. The first-order valence-electron chi connectivity index (χ1n) is 7.50. The van der Waals surface area contributed by atoms with Crippen LogP contribution in [-0.2, 0) is 12.8 Å². The number of aromatic amines is 1. The number of carbonyl (C=O) groups is 1. The third-order valence-corrected chi connectivity index (χ3v) is 3.80. The van der Waals surface area contributed by atoms with E-state index in [1.165, 1.54) is 5.56 Å². The lowest BCUT2D eigenvalue weighted by molar-refractivity contribution is 0.247. The van der Waals surface area contributed by atoms with Gasteiger partial charge in [-0.15, -0.1) is 6.42 Å². The van der Waals surface area contributed by atoms with Gasteiger partial charge in [-0.25, -0.2) is 4.79 Å². The number of terminal acetylenes is 1. The molecular formula is C17H18N4O2. The highest BCUT2D eigenvalue weighted by atomic mass is 16.5. The zero-order chi connectivity index (χ0) is 16.1. The van der Waals surface area contributed by atoms with Gasteiger partial charge in [0.2, 0.25) is 0 Å². The molecule has 2 amide bonds. The Hall–Kier alpha value is -2.94. The van der Waals surface area contributed by atoms with Crippen LogP contribution in [0.4, 0.5) is 10.5 Å². The third kappa shape index (κ3) is 3.64. The van der Waals surface area contributed by atoms with Gasteiger partial charge in [-0.05, 0) is 30.5 Å². The van der Waals surface area contributed by atoms with Crippen LogP contribution in [0, 0.1) is 12.3 Å². The van der Waals surface area contributed by atoms with Crippen LogP contribution in [0.1, 0.15) is 17.7 Å². The first-order chi connectivity index (χ1) is 11.3. The predicted molar refractivity (Wildman–Crippen MR) is 87.3 cm³/mol. The number of hydrogen-bond donors (Lipinski definition) is 3. The highest BCUT2D eigenvalue weighted by Crippen LogP contribution is 2.24. The van der Waals surface area contributed by atoms with Gasteiger partial charge in [-0.3, -0.25) is 5.10 Å². The summed E-state index contributed by atoms with van der Waals surface area (Å²) < 4.78 is 5.42. The van der Waals surface area contributed by atoms with E-state index in [2.05, 4.69) is 26.8 Å². The average Bonchev–Trinajstić information content (AvgIpc) is 3.01. The van der Waals surface area contributed by atoms with Gasteiger partial charge in [0.1, 0.15) is 12.4 Å². The maximum absolute atomic E-state index is 12.2. The Balaban J connectivity index is 1.59. The molecule has 1 heterocycles. The molecular weight excluding hydrogens is 292 g/mol. The number of carbonyl (C=O) groups excluding carboxylic acids is 1. The van der Waals surface area contributed by atoms with E-state index in [-0.39, 0.29) is 18.7 Å². The largest absolute Gasteiger partial charge is 0.479 e. The van der Waals surface area contributed by atoms with Gasteiger partial charge in [-0.2, -0.15) is 5.10 Å². The Morgan fingerprint density at radius 2 is 2.35 bits per heavy atom. The molecule has 0 saturated heterocycles. The van der Waals surface area contributed by atoms with Crippen molar-refractivity contribution < 1.29 is 9.53 Å². The number of ether oxygens (including phenoxy) is 1. The fourth-order valence-electron chi connectivity index (χ4n) is 2.69. The molecule has 1 aliphatic rings. The summed E-state index contributed by atoms with van der Waals surface area (Å²) >= 11 is 0. The topological polar surface area (TPSA) is 79.0 Å². The van der Waals surface area contributed by atoms with Crippen molar-refractivity contribution in [1.82, 2.24) is 15.5 Å². The van der Waals surface area contributed by atoms with Gasteiger partial charge in [0.15, 0.2) is 0 Å². The second-order valence-electron chi connectivity index (χ2n) is 5.40. The average molecular weight is 310 g/mol. The zero-order valence-electron chi connectivity index (χ0n) is 12.6. The normalized spacial score (nSPS) is 16.0. The Morgan fingerprint density at radius 1 is 1.48 bits per heavy atom. The van der Waals surface area contributed by atoms with Crippen molar-refractivity contribution in [2.24, 2.45) is 0 Å². The van der Waals surface area contributed by atoms with Gasteiger partial charge >= 0.3 is 6.03 Å². The summed E-state index contributed by atoms with van der Waals surface area (Å²) in [6.45, 7) is 0.158. The maximum Gasteiger partial charge on any atom is 0.319 e. The molecule has 0 spiro atoms. The van der Waals surface area contributed by atoms with Crippen molar-refractivity contribution in [2.45, 2.75) is 25.3 Å². The summed E-state index contributed by atoms with van der Waals surface area (Å²) in [5, 5.41) is 12.8. The molecule has 3 rings (SSSR count). The Kier molecular flexibility index (Phi) is 4.48. The number of nitrogens with zero attached hydrogens (tertiary/aromatic N) is 1. The van der Waals surface area contributed by atoms with E-state index in [1.807, 2.05) is 18.3 Å². The summed E-state index contributed by atoms with van der Waals surface area (Å²) in [4.78, 5) is 12.2. The fraction of sp³-hybridized carbons (Fsp3) is 0.294. The summed E-state index contributed by atoms with van der Waals surface area (Å²) in [6, 6.07) is 7.03. The number of amides is 2. The fourth-order valence-corrected chi connectivity index (χ4v) is 2.69. The molecule has 1 atom stereocenters. The summed E-state index contributed by atoms with van der Waals surface area (Å²) in [6.07, 6.45) is 9.63. The number of H-pyrrole nitrogens is 1.